The smallest absolute Gasteiger partial charge is 0.416 e. The van der Waals surface area contributed by atoms with Gasteiger partial charge in [-0.2, -0.15) is 13.2 Å². The van der Waals surface area contributed by atoms with Crippen LogP contribution in [0.4, 0.5) is 13.2 Å². The predicted molar refractivity (Wildman–Crippen MR) is 74.9 cm³/mol. The maximum absolute atomic E-state index is 12.9. The fourth-order valence-corrected chi connectivity index (χ4v) is 3.82. The lowest BCUT2D eigenvalue weighted by molar-refractivity contribution is -0.137. The van der Waals surface area contributed by atoms with Crippen molar-refractivity contribution < 1.29 is 31.5 Å². The van der Waals surface area contributed by atoms with E-state index in [4.69, 9.17) is 5.11 Å². The van der Waals surface area contributed by atoms with Crippen LogP contribution >= 0.6 is 0 Å². The average molecular weight is 347 g/mol. The second-order valence-corrected chi connectivity index (χ2v) is 6.72. The van der Waals surface area contributed by atoms with Crippen molar-refractivity contribution in [3.05, 3.63) is 52.8 Å². The van der Waals surface area contributed by atoms with Crippen LogP contribution in [0.2, 0.25) is 0 Å². The fraction of sp³-hybridized carbons (Fsp3) is 0.214. The van der Waals surface area contributed by atoms with Crippen LogP contribution in [0, 0.1) is 13.8 Å². The van der Waals surface area contributed by atoms with E-state index in [1.165, 1.54) is 26.0 Å². The molecule has 0 bridgehead atoms. The number of aromatic nitrogens is 1. The first-order valence-corrected chi connectivity index (χ1v) is 7.74. The van der Waals surface area contributed by atoms with Crippen molar-refractivity contribution in [2.24, 2.45) is 0 Å². The molecule has 2 rings (SSSR count). The number of carboxylic acids is 1. The first-order valence-electron chi connectivity index (χ1n) is 6.30. The third-order valence-electron chi connectivity index (χ3n) is 3.23. The number of carbonyl (C=O) groups is 1. The lowest BCUT2D eigenvalue weighted by Gasteiger charge is -2.14. The quantitative estimate of drug-likeness (QED) is 0.926. The Morgan fingerprint density at radius 2 is 1.61 bits per heavy atom. The third kappa shape index (κ3) is 3.09. The number of aryl methyl sites for hydroxylation is 2. The molecule has 9 heteroatoms. The fourth-order valence-electron chi connectivity index (χ4n) is 2.17. The Kier molecular flexibility index (Phi) is 4.02. The van der Waals surface area contributed by atoms with Gasteiger partial charge in [0.1, 0.15) is 0 Å². The summed E-state index contributed by atoms with van der Waals surface area (Å²) < 4.78 is 64.8. The van der Waals surface area contributed by atoms with Gasteiger partial charge in [0.2, 0.25) is 0 Å². The van der Waals surface area contributed by atoms with Crippen LogP contribution in [0.5, 0.6) is 0 Å². The lowest BCUT2D eigenvalue weighted by Crippen LogP contribution is -2.18. The van der Waals surface area contributed by atoms with E-state index < -0.39 is 38.2 Å². The molecular weight excluding hydrogens is 335 g/mol. The van der Waals surface area contributed by atoms with Crippen molar-refractivity contribution >= 4 is 16.0 Å². The van der Waals surface area contributed by atoms with Crippen LogP contribution in [0.1, 0.15) is 27.3 Å². The Hall–Kier alpha value is -2.29. The highest BCUT2D eigenvalue weighted by molar-refractivity contribution is 7.90. The molecule has 0 aliphatic carbocycles. The van der Waals surface area contributed by atoms with Crippen LogP contribution in [-0.2, 0) is 16.2 Å². The Labute approximate surface area is 130 Å². The predicted octanol–water partition coefficient (Wildman–Crippen LogP) is 3.06. The molecule has 0 atom stereocenters. The van der Waals surface area contributed by atoms with Crippen molar-refractivity contribution in [1.82, 2.24) is 3.97 Å². The minimum absolute atomic E-state index is 0.303. The number of alkyl halides is 3. The van der Waals surface area contributed by atoms with Crippen LogP contribution in [0.3, 0.4) is 0 Å². The van der Waals surface area contributed by atoms with Crippen molar-refractivity contribution in [3.8, 4) is 0 Å². The monoisotopic (exact) mass is 347 g/mol. The molecule has 1 heterocycles. The topological polar surface area (TPSA) is 76.4 Å². The van der Waals surface area contributed by atoms with Crippen LogP contribution in [-0.4, -0.2) is 23.5 Å². The molecule has 124 valence electrons. The van der Waals surface area contributed by atoms with Crippen LogP contribution < -0.4 is 0 Å². The van der Waals surface area contributed by atoms with E-state index in [-0.39, 0.29) is 0 Å². The molecule has 0 saturated carbocycles. The van der Waals surface area contributed by atoms with Gasteiger partial charge < -0.3 is 5.11 Å². The Morgan fingerprint density at radius 1 is 1.09 bits per heavy atom. The number of halogens is 3. The van der Waals surface area contributed by atoms with Gasteiger partial charge in [-0.3, -0.25) is 0 Å². The van der Waals surface area contributed by atoms with Crippen LogP contribution in [0.25, 0.3) is 0 Å². The minimum Gasteiger partial charge on any atom is -0.478 e. The summed E-state index contributed by atoms with van der Waals surface area (Å²) in [6.45, 7) is 2.96. The van der Waals surface area contributed by atoms with E-state index >= 15 is 0 Å². The molecule has 1 aromatic carbocycles. The Balaban J connectivity index is 2.77. The highest BCUT2D eigenvalue weighted by Crippen LogP contribution is 2.32. The minimum atomic E-state index is -4.86. The van der Waals surface area contributed by atoms with Gasteiger partial charge in [0.15, 0.2) is 0 Å². The second-order valence-electron chi connectivity index (χ2n) is 4.93. The molecule has 0 radical (unpaired) electrons. The van der Waals surface area contributed by atoms with E-state index in [0.717, 1.165) is 3.97 Å². The summed E-state index contributed by atoms with van der Waals surface area (Å²) in [5, 5.41) is 8.94. The number of nitrogens with zero attached hydrogens (tertiary/aromatic N) is 1. The molecule has 5 nitrogen and oxygen atoms in total. The van der Waals surface area contributed by atoms with Crippen LogP contribution in [0.15, 0.2) is 35.2 Å². The van der Waals surface area contributed by atoms with Crippen molar-refractivity contribution in [3.63, 3.8) is 0 Å². The first kappa shape index (κ1) is 17.1. The van der Waals surface area contributed by atoms with Crippen molar-refractivity contribution in [2.75, 3.05) is 0 Å². The maximum Gasteiger partial charge on any atom is 0.416 e. The zero-order valence-electron chi connectivity index (χ0n) is 12.0. The molecular formula is C14H12F3NO4S. The van der Waals surface area contributed by atoms with Gasteiger partial charge in [0, 0.05) is 11.4 Å². The molecule has 0 aliphatic heterocycles. The number of hydrogen-bond donors (Lipinski definition) is 1. The van der Waals surface area contributed by atoms with E-state index in [2.05, 4.69) is 0 Å². The molecule has 1 N–H and O–H groups in total. The number of aromatic carboxylic acids is 1. The molecule has 23 heavy (non-hydrogen) atoms. The largest absolute Gasteiger partial charge is 0.478 e. The number of rotatable bonds is 3. The molecule has 0 saturated heterocycles. The maximum atomic E-state index is 12.9. The highest BCUT2D eigenvalue weighted by atomic mass is 32.2. The molecule has 0 spiro atoms. The third-order valence-corrected chi connectivity index (χ3v) is 5.11. The van der Waals surface area contributed by atoms with Gasteiger partial charge in [0.25, 0.3) is 10.0 Å². The zero-order chi connectivity index (χ0) is 17.6. The number of carboxylic acid groups (broad SMARTS) is 1. The summed E-state index contributed by atoms with van der Waals surface area (Å²) in [6, 6.07) is 4.54. The van der Waals surface area contributed by atoms with Crippen molar-refractivity contribution in [2.45, 2.75) is 24.9 Å². The Bertz CT molecular complexity index is 862. The Morgan fingerprint density at radius 3 is 2.04 bits per heavy atom. The van der Waals surface area contributed by atoms with Gasteiger partial charge in [-0.25, -0.2) is 17.2 Å². The molecule has 0 aliphatic rings. The van der Waals surface area contributed by atoms with E-state index in [0.29, 0.717) is 29.6 Å². The van der Waals surface area contributed by atoms with E-state index in [9.17, 15) is 26.4 Å². The summed E-state index contributed by atoms with van der Waals surface area (Å²) in [4.78, 5) is 10.3. The standard InChI is InChI=1S/C14H12F3NO4S/c1-8-3-4-9(2)18(8)23(21,22)12-6-10(13(19)20)5-11(7-12)14(15,16)17/h3-7H,1-2H3,(H,19,20). The summed E-state index contributed by atoms with van der Waals surface area (Å²) in [6.07, 6.45) is -4.86. The van der Waals surface area contributed by atoms with Gasteiger partial charge >= 0.3 is 12.1 Å². The van der Waals surface area contributed by atoms with Gasteiger partial charge in [0.05, 0.1) is 16.0 Å². The van der Waals surface area contributed by atoms with Gasteiger partial charge in [-0.05, 0) is 44.2 Å². The van der Waals surface area contributed by atoms with E-state index in [1.807, 2.05) is 0 Å². The molecule has 0 amide bonds. The summed E-state index contributed by atoms with van der Waals surface area (Å²) in [5.74, 6) is -1.64. The highest BCUT2D eigenvalue weighted by Gasteiger charge is 2.34. The first-order chi connectivity index (χ1) is 10.4. The zero-order valence-corrected chi connectivity index (χ0v) is 12.9. The average Bonchev–Trinajstić information content (AvgIpc) is 2.77. The summed E-state index contributed by atoms with van der Waals surface area (Å²) >= 11 is 0. The lowest BCUT2D eigenvalue weighted by atomic mass is 10.1. The number of benzene rings is 1. The summed E-state index contributed by atoms with van der Waals surface area (Å²) in [5.41, 5.74) is -1.48. The normalized spacial score (nSPS) is 12.4. The second kappa shape index (κ2) is 5.41. The van der Waals surface area contributed by atoms with Gasteiger partial charge in [-0.1, -0.05) is 0 Å². The summed E-state index contributed by atoms with van der Waals surface area (Å²) in [7, 11) is -4.34. The van der Waals surface area contributed by atoms with E-state index in [1.54, 1.807) is 0 Å². The molecule has 0 fully saturated rings. The number of hydrogen-bond acceptors (Lipinski definition) is 3. The SMILES string of the molecule is Cc1ccc(C)n1S(=O)(=O)c1cc(C(=O)O)cc(C(F)(F)F)c1. The molecule has 0 unspecified atom stereocenters. The van der Waals surface area contributed by atoms with Gasteiger partial charge in [-0.15, -0.1) is 0 Å². The molecule has 2 aromatic rings. The molecule has 1 aromatic heterocycles. The van der Waals surface area contributed by atoms with Crippen molar-refractivity contribution in [1.29, 1.82) is 0 Å².